The molecule has 1 aliphatic heterocycles. The number of benzene rings is 3. The first-order valence-electron chi connectivity index (χ1n) is 14.5. The molecule has 2 heterocycles. The fourth-order valence-corrected chi connectivity index (χ4v) is 5.38. The molecule has 0 radical (unpaired) electrons. The van der Waals surface area contributed by atoms with Crippen LogP contribution >= 0.6 is 0 Å². The van der Waals surface area contributed by atoms with E-state index in [4.69, 9.17) is 10.2 Å². The lowest BCUT2D eigenvalue weighted by Crippen LogP contribution is -2.47. The van der Waals surface area contributed by atoms with Crippen molar-refractivity contribution in [3.05, 3.63) is 107 Å². The van der Waals surface area contributed by atoms with E-state index in [0.717, 1.165) is 50.3 Å². The van der Waals surface area contributed by atoms with Crippen molar-refractivity contribution in [3.8, 4) is 0 Å². The van der Waals surface area contributed by atoms with Crippen LogP contribution in [0, 0.1) is 6.92 Å². The maximum absolute atomic E-state index is 13.3. The van der Waals surface area contributed by atoms with Gasteiger partial charge in [0.25, 0.3) is 11.8 Å². The Balaban J connectivity index is 1.20. The maximum atomic E-state index is 13.3. The van der Waals surface area contributed by atoms with E-state index >= 15 is 0 Å². The third-order valence-corrected chi connectivity index (χ3v) is 7.97. The van der Waals surface area contributed by atoms with Gasteiger partial charge in [-0.15, -0.1) is 0 Å². The number of amides is 2. The molecule has 1 atom stereocenters. The molecule has 2 aliphatic rings. The number of rotatable bonds is 9. The van der Waals surface area contributed by atoms with Gasteiger partial charge in [0.2, 0.25) is 0 Å². The van der Waals surface area contributed by atoms with Crippen LogP contribution in [0.4, 0.5) is 17.1 Å². The van der Waals surface area contributed by atoms with Crippen LogP contribution in [0.25, 0.3) is 0 Å². The molecule has 4 aromatic rings. The van der Waals surface area contributed by atoms with Gasteiger partial charge in [-0.05, 0) is 55.2 Å². The Morgan fingerprint density at radius 3 is 2.33 bits per heavy atom. The van der Waals surface area contributed by atoms with Crippen molar-refractivity contribution in [2.45, 2.75) is 31.7 Å². The molecule has 42 heavy (non-hydrogen) atoms. The van der Waals surface area contributed by atoms with Gasteiger partial charge in [-0.3, -0.25) is 9.59 Å². The van der Waals surface area contributed by atoms with E-state index in [1.807, 2.05) is 36.4 Å². The van der Waals surface area contributed by atoms with Crippen LogP contribution in [0.15, 0.2) is 83.5 Å². The summed E-state index contributed by atoms with van der Waals surface area (Å²) >= 11 is 0. The van der Waals surface area contributed by atoms with E-state index in [1.54, 1.807) is 12.1 Å². The smallest absolute Gasteiger partial charge is 0.277 e. The molecular weight excluding hydrogens is 528 g/mol. The molecule has 1 saturated carbocycles. The Bertz CT molecular complexity index is 1560. The molecule has 2 amide bonds. The number of carbonyl (C=O) groups is 2. The number of aryl methyl sites for hydroxylation is 1. The standard InChI is InChI=1S/C33H36N6O3/c1-22-7-5-6-10-29(22)38-15-17-39(18-16-38)30-14-13-25(31(40)35-20-26(34)23-8-3-2-4-9-23)19-27(30)36-32(41)28-21-42-33(37-28)24-11-12-24/h2-10,13-14,19,21,24,26H,11-12,15-18,20,34H2,1H3,(H,35,40)(H,36,41)/t26-/m1/s1. The Morgan fingerprint density at radius 2 is 1.62 bits per heavy atom. The highest BCUT2D eigenvalue weighted by atomic mass is 16.3. The zero-order valence-corrected chi connectivity index (χ0v) is 23.8. The highest BCUT2D eigenvalue weighted by Gasteiger charge is 2.30. The molecule has 216 valence electrons. The largest absolute Gasteiger partial charge is 0.448 e. The van der Waals surface area contributed by atoms with Crippen molar-refractivity contribution in [1.29, 1.82) is 0 Å². The second-order valence-corrected chi connectivity index (χ2v) is 11.0. The number of piperazine rings is 1. The lowest BCUT2D eigenvalue weighted by molar-refractivity contribution is 0.0949. The van der Waals surface area contributed by atoms with Gasteiger partial charge in [0.05, 0.1) is 11.4 Å². The maximum Gasteiger partial charge on any atom is 0.277 e. The van der Waals surface area contributed by atoms with Gasteiger partial charge in [-0.2, -0.15) is 0 Å². The van der Waals surface area contributed by atoms with Crippen LogP contribution in [0.5, 0.6) is 0 Å². The van der Waals surface area contributed by atoms with Gasteiger partial charge < -0.3 is 30.6 Å². The number of hydrogen-bond acceptors (Lipinski definition) is 7. The van der Waals surface area contributed by atoms with E-state index in [0.29, 0.717) is 23.1 Å². The zero-order valence-electron chi connectivity index (χ0n) is 23.8. The number of nitrogens with zero attached hydrogens (tertiary/aromatic N) is 3. The zero-order chi connectivity index (χ0) is 29.1. The molecule has 4 N–H and O–H groups in total. The van der Waals surface area contributed by atoms with Gasteiger partial charge in [-0.1, -0.05) is 48.5 Å². The minimum Gasteiger partial charge on any atom is -0.448 e. The lowest BCUT2D eigenvalue weighted by atomic mass is 10.1. The molecule has 0 spiro atoms. The molecule has 2 fully saturated rings. The van der Waals surface area contributed by atoms with Crippen molar-refractivity contribution in [2.75, 3.05) is 47.8 Å². The molecule has 9 heteroatoms. The Hall–Kier alpha value is -4.63. The fourth-order valence-electron chi connectivity index (χ4n) is 5.38. The SMILES string of the molecule is Cc1ccccc1N1CCN(c2ccc(C(=O)NC[C@@H](N)c3ccccc3)cc2NC(=O)c2coc(C3CC3)n2)CC1. The minimum atomic E-state index is -0.367. The molecule has 1 aromatic heterocycles. The third-order valence-electron chi connectivity index (χ3n) is 7.97. The van der Waals surface area contributed by atoms with Crippen molar-refractivity contribution < 1.29 is 14.0 Å². The molecule has 9 nitrogen and oxygen atoms in total. The molecule has 1 aliphatic carbocycles. The van der Waals surface area contributed by atoms with Gasteiger partial charge in [-0.25, -0.2) is 4.98 Å². The van der Waals surface area contributed by atoms with Crippen molar-refractivity contribution in [2.24, 2.45) is 5.73 Å². The molecule has 6 rings (SSSR count). The average Bonchev–Trinajstić information content (AvgIpc) is 3.76. The number of nitrogens with one attached hydrogen (secondary N) is 2. The third kappa shape index (κ3) is 6.16. The number of nitrogens with two attached hydrogens (primary N) is 1. The van der Waals surface area contributed by atoms with Gasteiger partial charge >= 0.3 is 0 Å². The fraction of sp³-hybridized carbons (Fsp3) is 0.303. The Kier molecular flexibility index (Phi) is 7.92. The van der Waals surface area contributed by atoms with Crippen LogP contribution in [0.2, 0.25) is 0 Å². The number of oxazole rings is 1. The quantitative estimate of drug-likeness (QED) is 0.266. The van der Waals surface area contributed by atoms with Gasteiger partial charge in [0.15, 0.2) is 11.6 Å². The molecule has 0 bridgehead atoms. The summed E-state index contributed by atoms with van der Waals surface area (Å²) < 4.78 is 5.55. The summed E-state index contributed by atoms with van der Waals surface area (Å²) in [5.74, 6) is 0.288. The topological polar surface area (TPSA) is 117 Å². The van der Waals surface area contributed by atoms with Gasteiger partial charge in [0, 0.05) is 55.9 Å². The highest BCUT2D eigenvalue weighted by molar-refractivity contribution is 6.06. The first-order valence-corrected chi connectivity index (χ1v) is 14.5. The molecule has 0 unspecified atom stereocenters. The van der Waals surface area contributed by atoms with Crippen molar-refractivity contribution in [1.82, 2.24) is 10.3 Å². The van der Waals surface area contributed by atoms with E-state index < -0.39 is 0 Å². The predicted octanol–water partition coefficient (Wildman–Crippen LogP) is 4.87. The van der Waals surface area contributed by atoms with E-state index in [2.05, 4.69) is 56.6 Å². The van der Waals surface area contributed by atoms with Crippen LogP contribution < -0.4 is 26.2 Å². The first-order chi connectivity index (χ1) is 20.5. The van der Waals surface area contributed by atoms with Crippen molar-refractivity contribution >= 4 is 28.9 Å². The monoisotopic (exact) mass is 564 g/mol. The van der Waals surface area contributed by atoms with Crippen LogP contribution in [0.3, 0.4) is 0 Å². The summed E-state index contributed by atoms with van der Waals surface area (Å²) in [6.45, 7) is 5.63. The second-order valence-electron chi connectivity index (χ2n) is 11.0. The number of anilines is 3. The van der Waals surface area contributed by atoms with Crippen LogP contribution in [-0.2, 0) is 0 Å². The van der Waals surface area contributed by atoms with Crippen LogP contribution in [0.1, 0.15) is 62.7 Å². The van der Waals surface area contributed by atoms with E-state index in [9.17, 15) is 9.59 Å². The number of hydrogen-bond donors (Lipinski definition) is 3. The first kappa shape index (κ1) is 27.5. The highest BCUT2D eigenvalue weighted by Crippen LogP contribution is 2.39. The normalized spacial score (nSPS) is 15.8. The summed E-state index contributed by atoms with van der Waals surface area (Å²) in [5.41, 5.74) is 11.8. The summed E-state index contributed by atoms with van der Waals surface area (Å²) in [6, 6.07) is 23.2. The summed E-state index contributed by atoms with van der Waals surface area (Å²) in [4.78, 5) is 35.5. The summed E-state index contributed by atoms with van der Waals surface area (Å²) in [7, 11) is 0. The molecule has 3 aromatic carbocycles. The second kappa shape index (κ2) is 12.1. The summed E-state index contributed by atoms with van der Waals surface area (Å²) in [6.07, 6.45) is 3.47. The minimum absolute atomic E-state index is 0.232. The van der Waals surface area contributed by atoms with Crippen molar-refractivity contribution in [3.63, 3.8) is 0 Å². The lowest BCUT2D eigenvalue weighted by Gasteiger charge is -2.38. The molecule has 1 saturated heterocycles. The Labute approximate surface area is 245 Å². The van der Waals surface area contributed by atoms with Gasteiger partial charge in [0.1, 0.15) is 6.26 Å². The summed E-state index contributed by atoms with van der Waals surface area (Å²) in [5, 5.41) is 5.95. The van der Waals surface area contributed by atoms with Crippen LogP contribution in [-0.4, -0.2) is 49.5 Å². The number of para-hydroxylation sites is 1. The number of carbonyl (C=O) groups excluding carboxylic acids is 2. The Morgan fingerprint density at radius 1 is 0.929 bits per heavy atom. The molecular formula is C33H36N6O3. The predicted molar refractivity (Wildman–Crippen MR) is 164 cm³/mol. The average molecular weight is 565 g/mol. The number of aromatic nitrogens is 1. The van der Waals surface area contributed by atoms with E-state index in [-0.39, 0.29) is 30.1 Å². The van der Waals surface area contributed by atoms with E-state index in [1.165, 1.54) is 17.5 Å².